The summed E-state index contributed by atoms with van der Waals surface area (Å²) in [5, 5.41) is 9.58. The van der Waals surface area contributed by atoms with E-state index in [0.717, 1.165) is 6.07 Å². The predicted octanol–water partition coefficient (Wildman–Crippen LogP) is 6.74. The van der Waals surface area contributed by atoms with Crippen molar-refractivity contribution in [3.63, 3.8) is 0 Å². The number of carboxylic acid groups (broad SMARTS) is 1. The number of carbonyl (C=O) groups is 2. The molecule has 1 amide bonds. The van der Waals surface area contributed by atoms with Crippen molar-refractivity contribution in [1.82, 2.24) is 4.90 Å². The molecule has 240 valence electrons. The SMILES string of the molecule is C[C@]1(C(=O)N2CCC3(S(=O)(=O)c4ccc(Cl)cc4)c4ccc(C(F)(C(F)(F)F)C(F)(F)F)cc4CC23)CC[C@H](C(=O)O)CC1. The molecule has 0 bridgehead atoms. The maximum absolute atomic E-state index is 15.0. The quantitative estimate of drug-likeness (QED) is 0.357. The van der Waals surface area contributed by atoms with E-state index >= 15 is 4.39 Å². The number of sulfone groups is 1. The van der Waals surface area contributed by atoms with Crippen LogP contribution < -0.4 is 0 Å². The van der Waals surface area contributed by atoms with Crippen molar-refractivity contribution < 1.29 is 53.8 Å². The number of aliphatic carboxylic acids is 1. The first-order chi connectivity index (χ1) is 20.2. The number of benzene rings is 2. The summed E-state index contributed by atoms with van der Waals surface area (Å²) in [6, 6.07) is 5.31. The van der Waals surface area contributed by atoms with Crippen LogP contribution in [0.25, 0.3) is 0 Å². The lowest BCUT2D eigenvalue weighted by atomic mass is 9.70. The Morgan fingerprint density at radius 2 is 1.50 bits per heavy atom. The van der Waals surface area contributed by atoms with Crippen LogP contribution in [0, 0.1) is 11.3 Å². The summed E-state index contributed by atoms with van der Waals surface area (Å²) in [7, 11) is -4.48. The minimum Gasteiger partial charge on any atom is -0.481 e. The van der Waals surface area contributed by atoms with Crippen LogP contribution in [0.5, 0.6) is 0 Å². The van der Waals surface area contributed by atoms with Gasteiger partial charge < -0.3 is 10.0 Å². The van der Waals surface area contributed by atoms with Crippen LogP contribution in [0.3, 0.4) is 0 Å². The molecule has 1 saturated carbocycles. The molecule has 2 fully saturated rings. The molecule has 1 aliphatic heterocycles. The number of hydrogen-bond acceptors (Lipinski definition) is 4. The molecule has 0 radical (unpaired) electrons. The van der Waals surface area contributed by atoms with Crippen LogP contribution in [0.2, 0.25) is 5.02 Å². The average molecular weight is 670 g/mol. The van der Waals surface area contributed by atoms with Gasteiger partial charge in [0.1, 0.15) is 4.75 Å². The molecule has 2 aromatic rings. The van der Waals surface area contributed by atoms with Gasteiger partial charge in [0.15, 0.2) is 9.84 Å². The largest absolute Gasteiger partial charge is 0.481 e. The molecule has 0 spiro atoms. The zero-order chi connectivity index (χ0) is 32.7. The van der Waals surface area contributed by atoms with Crippen LogP contribution in [0.4, 0.5) is 30.7 Å². The Labute approximate surface area is 253 Å². The number of carboxylic acids is 1. The van der Waals surface area contributed by atoms with Gasteiger partial charge in [-0.3, -0.25) is 9.59 Å². The van der Waals surface area contributed by atoms with Gasteiger partial charge >= 0.3 is 24.0 Å². The molecule has 2 aliphatic carbocycles. The Balaban J connectivity index is 1.64. The van der Waals surface area contributed by atoms with E-state index in [1.807, 2.05) is 0 Å². The Kier molecular flexibility index (Phi) is 7.63. The standard InChI is InChI=1S/C29H27ClF7NO5S/c1-25(10-8-16(9-11-25)23(39)40)24(41)38-13-12-26(44(42,43)20-5-3-19(30)4-6-20)21-7-2-18(14-17(21)15-22(26)38)27(31,28(32,33)34)29(35,36)37/h2-7,14,16,22H,8-13,15H2,1H3,(H,39,40)/t16-,22?,25-,26?. The van der Waals surface area contributed by atoms with E-state index in [2.05, 4.69) is 0 Å². The normalized spacial score (nSPS) is 27.6. The summed E-state index contributed by atoms with van der Waals surface area (Å²) in [6.45, 7) is 1.54. The third-order valence-electron chi connectivity index (χ3n) is 9.61. The first kappa shape index (κ1) is 32.5. The zero-order valence-corrected chi connectivity index (χ0v) is 24.7. The highest BCUT2D eigenvalue weighted by Gasteiger charge is 2.74. The molecule has 1 N–H and O–H groups in total. The van der Waals surface area contributed by atoms with Crippen molar-refractivity contribution in [1.29, 1.82) is 0 Å². The van der Waals surface area contributed by atoms with Gasteiger partial charge in [-0.15, -0.1) is 0 Å². The van der Waals surface area contributed by atoms with Crippen molar-refractivity contribution in [2.24, 2.45) is 11.3 Å². The van der Waals surface area contributed by atoms with E-state index in [-0.39, 0.29) is 59.7 Å². The Morgan fingerprint density at radius 3 is 2.02 bits per heavy atom. The molecule has 2 aromatic carbocycles. The Morgan fingerprint density at radius 1 is 0.932 bits per heavy atom. The van der Waals surface area contributed by atoms with E-state index in [1.54, 1.807) is 6.92 Å². The smallest absolute Gasteiger partial charge is 0.435 e. The highest BCUT2D eigenvalue weighted by atomic mass is 35.5. The first-order valence-corrected chi connectivity index (χ1v) is 15.6. The number of nitrogens with zero attached hydrogens (tertiary/aromatic N) is 1. The maximum atomic E-state index is 15.0. The minimum absolute atomic E-state index is 0.0897. The summed E-state index contributed by atoms with van der Waals surface area (Å²) < 4.78 is 123. The maximum Gasteiger partial charge on any atom is 0.435 e. The van der Waals surface area contributed by atoms with Crippen LogP contribution in [-0.2, 0) is 36.3 Å². The van der Waals surface area contributed by atoms with Crippen LogP contribution in [0.1, 0.15) is 55.7 Å². The molecular formula is C29H27ClF7NO5S. The second kappa shape index (κ2) is 10.3. The van der Waals surface area contributed by atoms with Crippen LogP contribution in [0.15, 0.2) is 47.4 Å². The summed E-state index contributed by atoms with van der Waals surface area (Å²) in [4.78, 5) is 26.6. The summed E-state index contributed by atoms with van der Waals surface area (Å²) in [6.07, 6.45) is -12.7. The zero-order valence-electron chi connectivity index (χ0n) is 23.1. The average Bonchev–Trinajstić information content (AvgIpc) is 3.47. The van der Waals surface area contributed by atoms with Gasteiger partial charge in [0, 0.05) is 22.5 Å². The molecule has 2 unspecified atom stereocenters. The summed E-state index contributed by atoms with van der Waals surface area (Å²) in [5.74, 6) is -2.15. The summed E-state index contributed by atoms with van der Waals surface area (Å²) >= 11 is 5.94. The van der Waals surface area contributed by atoms with Gasteiger partial charge in [-0.1, -0.05) is 36.7 Å². The van der Waals surface area contributed by atoms with E-state index < -0.39 is 73.8 Å². The van der Waals surface area contributed by atoms with Crippen molar-refractivity contribution >= 4 is 33.3 Å². The van der Waals surface area contributed by atoms with E-state index in [1.165, 1.54) is 29.2 Å². The lowest BCUT2D eigenvalue weighted by Crippen LogP contribution is -2.51. The predicted molar refractivity (Wildman–Crippen MR) is 143 cm³/mol. The molecule has 0 aromatic heterocycles. The number of halogens is 8. The molecule has 5 rings (SSSR count). The minimum atomic E-state index is -6.37. The van der Waals surface area contributed by atoms with Crippen molar-refractivity contribution in [3.05, 3.63) is 64.2 Å². The number of alkyl halides is 7. The fourth-order valence-corrected chi connectivity index (χ4v) is 9.58. The van der Waals surface area contributed by atoms with Crippen molar-refractivity contribution in [3.8, 4) is 0 Å². The third kappa shape index (κ3) is 4.61. The van der Waals surface area contributed by atoms with Gasteiger partial charge in [0.2, 0.25) is 5.91 Å². The second-order valence-electron chi connectivity index (χ2n) is 12.0. The topological polar surface area (TPSA) is 91.8 Å². The number of carbonyl (C=O) groups excluding carboxylic acids is 1. The molecule has 1 heterocycles. The lowest BCUT2D eigenvalue weighted by molar-refractivity contribution is -0.348. The second-order valence-corrected chi connectivity index (χ2v) is 14.7. The molecule has 3 aliphatic rings. The highest BCUT2D eigenvalue weighted by molar-refractivity contribution is 7.92. The Hall–Kier alpha value is -2.87. The molecule has 1 saturated heterocycles. The van der Waals surface area contributed by atoms with Crippen LogP contribution in [-0.4, -0.2) is 55.2 Å². The fourth-order valence-electron chi connectivity index (χ4n) is 7.12. The van der Waals surface area contributed by atoms with Gasteiger partial charge in [-0.25, -0.2) is 12.8 Å². The number of fused-ring (bicyclic) bond motifs is 3. The summed E-state index contributed by atoms with van der Waals surface area (Å²) in [5.41, 5.74) is -8.90. The number of hydrogen-bond donors (Lipinski definition) is 1. The molecule has 44 heavy (non-hydrogen) atoms. The van der Waals surface area contributed by atoms with Gasteiger partial charge in [-0.2, -0.15) is 26.3 Å². The monoisotopic (exact) mass is 669 g/mol. The molecule has 6 nitrogen and oxygen atoms in total. The lowest BCUT2D eigenvalue weighted by Gasteiger charge is -2.40. The van der Waals surface area contributed by atoms with Gasteiger partial charge in [0.25, 0.3) is 0 Å². The van der Waals surface area contributed by atoms with Gasteiger partial charge in [0.05, 0.1) is 16.9 Å². The number of likely N-dealkylation sites (tertiary alicyclic amines) is 1. The fraction of sp³-hybridized carbons (Fsp3) is 0.517. The molecular weight excluding hydrogens is 643 g/mol. The van der Waals surface area contributed by atoms with Crippen molar-refractivity contribution in [2.45, 2.75) is 79.2 Å². The molecule has 2 atom stereocenters. The van der Waals surface area contributed by atoms with E-state index in [4.69, 9.17) is 11.6 Å². The van der Waals surface area contributed by atoms with Gasteiger partial charge in [-0.05, 0) is 73.9 Å². The third-order valence-corrected chi connectivity index (χ3v) is 12.4. The highest BCUT2D eigenvalue weighted by Crippen LogP contribution is 2.58. The van der Waals surface area contributed by atoms with E-state index in [0.29, 0.717) is 12.1 Å². The first-order valence-electron chi connectivity index (χ1n) is 13.7. The number of rotatable bonds is 5. The van der Waals surface area contributed by atoms with Crippen LogP contribution >= 0.6 is 11.6 Å². The van der Waals surface area contributed by atoms with E-state index in [9.17, 15) is 49.5 Å². The van der Waals surface area contributed by atoms with Crippen molar-refractivity contribution in [2.75, 3.05) is 6.54 Å². The Bertz CT molecular complexity index is 1590. The number of amides is 1. The molecule has 15 heteroatoms.